The van der Waals surface area contributed by atoms with E-state index in [1.807, 2.05) is 23.1 Å². The molecule has 132 valence electrons. The van der Waals surface area contributed by atoms with Crippen LogP contribution < -0.4 is 0 Å². The molecule has 2 aromatic rings. The predicted molar refractivity (Wildman–Crippen MR) is 94.7 cm³/mol. The molecule has 1 amide bonds. The van der Waals surface area contributed by atoms with Gasteiger partial charge in [-0.2, -0.15) is 0 Å². The van der Waals surface area contributed by atoms with Crippen LogP contribution in [-0.2, 0) is 30.8 Å². The first-order valence-corrected chi connectivity index (χ1v) is 9.23. The lowest BCUT2D eigenvalue weighted by molar-refractivity contribution is -0.132. The Morgan fingerprint density at radius 1 is 1.04 bits per heavy atom. The topological polar surface area (TPSA) is 54.3 Å². The van der Waals surface area contributed by atoms with E-state index in [1.54, 1.807) is 6.20 Å². The first kappa shape index (κ1) is 16.3. The Morgan fingerprint density at radius 2 is 1.92 bits per heavy atom. The minimum atomic E-state index is 0.130. The van der Waals surface area contributed by atoms with Gasteiger partial charge in [0, 0.05) is 37.7 Å². The van der Waals surface area contributed by atoms with E-state index in [0.717, 1.165) is 36.8 Å². The molecule has 4 heterocycles. The van der Waals surface area contributed by atoms with Crippen LogP contribution in [0.5, 0.6) is 0 Å². The Balaban J connectivity index is 1.38. The third-order valence-corrected chi connectivity index (χ3v) is 5.10. The molecular weight excluding hydrogens is 314 g/mol. The number of piperidine rings is 1. The van der Waals surface area contributed by atoms with Crippen LogP contribution in [0.1, 0.15) is 36.5 Å². The fourth-order valence-corrected chi connectivity index (χ4v) is 3.72. The fourth-order valence-electron chi connectivity index (χ4n) is 3.72. The second kappa shape index (κ2) is 7.35. The van der Waals surface area contributed by atoms with E-state index in [1.165, 1.54) is 32.4 Å². The van der Waals surface area contributed by atoms with Crippen LogP contribution in [0.3, 0.4) is 0 Å². The number of carbonyl (C=O) groups excluding carboxylic acids is 1. The van der Waals surface area contributed by atoms with Crippen molar-refractivity contribution in [2.24, 2.45) is 0 Å². The number of carbonyl (C=O) groups is 1. The maximum atomic E-state index is 12.5. The molecule has 0 saturated carbocycles. The van der Waals surface area contributed by atoms with E-state index in [2.05, 4.69) is 20.6 Å². The van der Waals surface area contributed by atoms with Crippen LogP contribution in [0.15, 0.2) is 30.6 Å². The van der Waals surface area contributed by atoms with Crippen molar-refractivity contribution in [3.05, 3.63) is 47.8 Å². The molecule has 0 spiro atoms. The molecule has 0 bridgehead atoms. The summed E-state index contributed by atoms with van der Waals surface area (Å²) in [5.41, 5.74) is 1.96. The van der Waals surface area contributed by atoms with Crippen LogP contribution in [0, 0.1) is 0 Å². The molecule has 25 heavy (non-hydrogen) atoms. The average molecular weight is 339 g/mol. The summed E-state index contributed by atoms with van der Waals surface area (Å²) in [6, 6.07) is 5.69. The third kappa shape index (κ3) is 3.90. The summed E-state index contributed by atoms with van der Waals surface area (Å²) in [5.74, 6) is 1.14. The van der Waals surface area contributed by atoms with Crippen molar-refractivity contribution in [1.82, 2.24) is 24.3 Å². The summed E-state index contributed by atoms with van der Waals surface area (Å²) in [7, 11) is 0. The van der Waals surface area contributed by atoms with Crippen molar-refractivity contribution in [3.63, 3.8) is 0 Å². The normalized spacial score (nSPS) is 18.2. The lowest BCUT2D eigenvalue weighted by Crippen LogP contribution is -2.39. The van der Waals surface area contributed by atoms with Crippen molar-refractivity contribution < 1.29 is 4.79 Å². The summed E-state index contributed by atoms with van der Waals surface area (Å²) in [6.45, 7) is 5.47. The van der Waals surface area contributed by atoms with Crippen LogP contribution in [0.2, 0.25) is 0 Å². The fraction of sp³-hybridized carbons (Fsp3) is 0.526. The summed E-state index contributed by atoms with van der Waals surface area (Å²) < 4.78 is 2.21. The minimum Gasteiger partial charge on any atom is -0.333 e. The van der Waals surface area contributed by atoms with Gasteiger partial charge in [0.05, 0.1) is 18.7 Å². The number of fused-ring (bicyclic) bond motifs is 1. The Bertz CT molecular complexity index is 721. The van der Waals surface area contributed by atoms with Gasteiger partial charge in [-0.25, -0.2) is 4.98 Å². The number of aromatic nitrogens is 3. The van der Waals surface area contributed by atoms with Gasteiger partial charge in [-0.15, -0.1) is 0 Å². The number of hydrogen-bond acceptors (Lipinski definition) is 4. The largest absolute Gasteiger partial charge is 0.333 e. The molecule has 1 fully saturated rings. The van der Waals surface area contributed by atoms with Gasteiger partial charge in [-0.3, -0.25) is 14.7 Å². The van der Waals surface area contributed by atoms with Crippen molar-refractivity contribution in [3.8, 4) is 0 Å². The van der Waals surface area contributed by atoms with Crippen molar-refractivity contribution in [2.45, 2.75) is 45.3 Å². The van der Waals surface area contributed by atoms with Gasteiger partial charge in [0.25, 0.3) is 0 Å². The van der Waals surface area contributed by atoms with Gasteiger partial charge in [0.15, 0.2) is 0 Å². The number of imidazole rings is 1. The number of nitrogens with zero attached hydrogens (tertiary/aromatic N) is 5. The number of rotatable bonds is 4. The Kier molecular flexibility index (Phi) is 4.78. The molecule has 2 aliphatic rings. The summed E-state index contributed by atoms with van der Waals surface area (Å²) in [5, 5.41) is 0. The van der Waals surface area contributed by atoms with Crippen LogP contribution in [0.4, 0.5) is 0 Å². The van der Waals surface area contributed by atoms with Gasteiger partial charge in [-0.1, -0.05) is 12.5 Å². The van der Waals surface area contributed by atoms with Gasteiger partial charge >= 0.3 is 0 Å². The second-order valence-corrected chi connectivity index (χ2v) is 6.99. The molecule has 2 aliphatic heterocycles. The molecule has 0 radical (unpaired) electrons. The van der Waals surface area contributed by atoms with E-state index in [4.69, 9.17) is 4.98 Å². The van der Waals surface area contributed by atoms with Gasteiger partial charge in [0.2, 0.25) is 5.91 Å². The molecule has 0 N–H and O–H groups in total. The molecule has 0 unspecified atom stereocenters. The maximum Gasteiger partial charge on any atom is 0.229 e. The van der Waals surface area contributed by atoms with Crippen molar-refractivity contribution in [1.29, 1.82) is 0 Å². The molecule has 0 aliphatic carbocycles. The zero-order valence-corrected chi connectivity index (χ0v) is 14.6. The van der Waals surface area contributed by atoms with Crippen LogP contribution in [0.25, 0.3) is 0 Å². The summed E-state index contributed by atoms with van der Waals surface area (Å²) in [4.78, 5) is 26.0. The second-order valence-electron chi connectivity index (χ2n) is 6.99. The highest BCUT2D eigenvalue weighted by atomic mass is 16.2. The van der Waals surface area contributed by atoms with Crippen LogP contribution >= 0.6 is 0 Å². The molecule has 6 nitrogen and oxygen atoms in total. The highest BCUT2D eigenvalue weighted by Gasteiger charge is 2.23. The SMILES string of the molecule is O=C(Cc1ccccn1)N1CCn2cc(CN3CCCCC3)nc2C1. The maximum absolute atomic E-state index is 12.5. The first-order chi connectivity index (χ1) is 12.3. The monoisotopic (exact) mass is 339 g/mol. The molecule has 0 aromatic carbocycles. The van der Waals surface area contributed by atoms with Crippen LogP contribution in [-0.4, -0.2) is 49.9 Å². The van der Waals surface area contributed by atoms with Gasteiger partial charge in [-0.05, 0) is 38.1 Å². The molecule has 6 heteroatoms. The Labute approximate surface area is 148 Å². The van der Waals surface area contributed by atoms with Gasteiger partial charge < -0.3 is 9.47 Å². The Morgan fingerprint density at radius 3 is 2.72 bits per heavy atom. The third-order valence-electron chi connectivity index (χ3n) is 5.10. The Hall–Kier alpha value is -2.21. The lowest BCUT2D eigenvalue weighted by atomic mass is 10.1. The highest BCUT2D eigenvalue weighted by Crippen LogP contribution is 2.17. The summed E-state index contributed by atoms with van der Waals surface area (Å²) in [6.07, 6.45) is 8.21. The predicted octanol–water partition coefficient (Wildman–Crippen LogP) is 1.85. The van der Waals surface area contributed by atoms with Gasteiger partial charge in [0.1, 0.15) is 5.82 Å². The molecule has 0 atom stereocenters. The molecule has 4 rings (SSSR count). The summed E-state index contributed by atoms with van der Waals surface area (Å²) >= 11 is 0. The van der Waals surface area contributed by atoms with E-state index in [0.29, 0.717) is 13.0 Å². The quantitative estimate of drug-likeness (QED) is 0.853. The standard InChI is InChI=1S/C19H25N5O/c25-19(12-16-6-2-3-7-20-16)24-11-10-23-14-17(21-18(23)15-24)13-22-8-4-1-5-9-22/h2-3,6-7,14H,1,4-5,8-13,15H2. The smallest absolute Gasteiger partial charge is 0.229 e. The number of pyridine rings is 1. The molecule has 2 aromatic heterocycles. The molecule has 1 saturated heterocycles. The van der Waals surface area contributed by atoms with Crippen molar-refractivity contribution in [2.75, 3.05) is 19.6 Å². The first-order valence-electron chi connectivity index (χ1n) is 9.23. The lowest BCUT2D eigenvalue weighted by Gasteiger charge is -2.27. The number of amides is 1. The molecular formula is C19H25N5O. The van der Waals surface area contributed by atoms with E-state index in [-0.39, 0.29) is 5.91 Å². The zero-order chi connectivity index (χ0) is 17.1. The number of likely N-dealkylation sites (tertiary alicyclic amines) is 1. The number of hydrogen-bond donors (Lipinski definition) is 0. The van der Waals surface area contributed by atoms with E-state index >= 15 is 0 Å². The highest BCUT2D eigenvalue weighted by molar-refractivity contribution is 5.78. The minimum absolute atomic E-state index is 0.130. The zero-order valence-electron chi connectivity index (χ0n) is 14.6. The van der Waals surface area contributed by atoms with E-state index in [9.17, 15) is 4.79 Å². The van der Waals surface area contributed by atoms with Crippen molar-refractivity contribution >= 4 is 5.91 Å². The average Bonchev–Trinajstić information content (AvgIpc) is 3.04. The van der Waals surface area contributed by atoms with E-state index < -0.39 is 0 Å².